The predicted molar refractivity (Wildman–Crippen MR) is 112 cm³/mol. The first-order valence-corrected chi connectivity index (χ1v) is 12.3. The van der Waals surface area contributed by atoms with Crippen LogP contribution in [0.15, 0.2) is 34.5 Å². The number of carbonyl (C=O) groups excluding carboxylic acids is 1. The molecule has 0 saturated carbocycles. The molecule has 0 radical (unpaired) electrons. The molecule has 1 amide bonds. The van der Waals surface area contributed by atoms with Crippen molar-refractivity contribution in [1.82, 2.24) is 4.31 Å². The minimum atomic E-state index is -3.43. The highest BCUT2D eigenvalue weighted by Crippen LogP contribution is 2.29. The summed E-state index contributed by atoms with van der Waals surface area (Å²) in [6.45, 7) is 1.18. The number of fused-ring (bicyclic) bond motifs is 1. The molecule has 5 nitrogen and oxygen atoms in total. The van der Waals surface area contributed by atoms with E-state index in [1.165, 1.54) is 28.9 Å². The van der Waals surface area contributed by atoms with Crippen molar-refractivity contribution in [3.8, 4) is 0 Å². The first-order chi connectivity index (χ1) is 13.5. The number of nitrogens with zero attached hydrogens (tertiary/aromatic N) is 1. The van der Waals surface area contributed by atoms with Crippen molar-refractivity contribution in [1.29, 1.82) is 0 Å². The fourth-order valence-electron chi connectivity index (χ4n) is 4.08. The average Bonchev–Trinajstić information content (AvgIpc) is 3.18. The van der Waals surface area contributed by atoms with E-state index in [-0.39, 0.29) is 12.3 Å². The molecule has 2 aromatic rings. The van der Waals surface area contributed by atoms with E-state index in [0.717, 1.165) is 49.1 Å². The van der Waals surface area contributed by atoms with Crippen LogP contribution in [0.25, 0.3) is 0 Å². The molecule has 2 heterocycles. The van der Waals surface area contributed by atoms with Crippen LogP contribution in [0, 0.1) is 0 Å². The van der Waals surface area contributed by atoms with Gasteiger partial charge in [-0.1, -0.05) is 18.6 Å². The van der Waals surface area contributed by atoms with Gasteiger partial charge in [0.25, 0.3) is 10.0 Å². The molecule has 1 aromatic heterocycles. The van der Waals surface area contributed by atoms with E-state index in [9.17, 15) is 13.2 Å². The summed E-state index contributed by atoms with van der Waals surface area (Å²) in [6.07, 6.45) is 7.55. The predicted octanol–water partition coefficient (Wildman–Crippen LogP) is 3.98. The maximum atomic E-state index is 12.8. The Morgan fingerprint density at radius 1 is 1.00 bits per heavy atom. The Hall–Kier alpha value is -1.70. The van der Waals surface area contributed by atoms with Crippen LogP contribution in [0.4, 0.5) is 5.69 Å². The fourth-order valence-corrected chi connectivity index (χ4v) is 7.10. The van der Waals surface area contributed by atoms with Gasteiger partial charge in [-0.3, -0.25) is 4.79 Å². The van der Waals surface area contributed by atoms with Gasteiger partial charge < -0.3 is 5.32 Å². The minimum absolute atomic E-state index is 0.0947. The van der Waals surface area contributed by atoms with Crippen molar-refractivity contribution in [2.75, 3.05) is 18.4 Å². The van der Waals surface area contributed by atoms with Crippen LogP contribution >= 0.6 is 11.3 Å². The zero-order valence-electron chi connectivity index (χ0n) is 15.9. The van der Waals surface area contributed by atoms with E-state index in [4.69, 9.17) is 0 Å². The van der Waals surface area contributed by atoms with Crippen molar-refractivity contribution < 1.29 is 13.2 Å². The zero-order valence-corrected chi connectivity index (χ0v) is 17.6. The first-order valence-electron chi connectivity index (χ1n) is 10.0. The molecule has 1 N–H and O–H groups in total. The molecule has 0 atom stereocenters. The quantitative estimate of drug-likeness (QED) is 0.799. The number of anilines is 1. The molecule has 150 valence electrons. The normalized spacial score (nSPS) is 17.9. The number of amides is 1. The fraction of sp³-hybridized carbons (Fsp3) is 0.476. The van der Waals surface area contributed by atoms with Crippen molar-refractivity contribution in [3.63, 3.8) is 0 Å². The molecule has 4 rings (SSSR count). The van der Waals surface area contributed by atoms with Gasteiger partial charge in [-0.15, -0.1) is 11.3 Å². The molecule has 1 fully saturated rings. The number of hydrogen-bond donors (Lipinski definition) is 1. The topological polar surface area (TPSA) is 66.5 Å². The van der Waals surface area contributed by atoms with Gasteiger partial charge in [-0.05, 0) is 67.9 Å². The number of nitrogens with one attached hydrogen (secondary N) is 1. The smallest absolute Gasteiger partial charge is 0.252 e. The Bertz CT molecular complexity index is 960. The Balaban J connectivity index is 1.43. The van der Waals surface area contributed by atoms with Crippen LogP contribution in [0.2, 0.25) is 0 Å². The van der Waals surface area contributed by atoms with Gasteiger partial charge in [0.15, 0.2) is 0 Å². The lowest BCUT2D eigenvalue weighted by Gasteiger charge is -2.25. The lowest BCUT2D eigenvalue weighted by Crippen LogP contribution is -2.35. The van der Waals surface area contributed by atoms with E-state index in [1.54, 1.807) is 16.4 Å². The Morgan fingerprint density at radius 2 is 1.79 bits per heavy atom. The molecule has 1 aromatic carbocycles. The van der Waals surface area contributed by atoms with E-state index in [2.05, 4.69) is 11.4 Å². The number of aryl methyl sites for hydroxylation is 1. The van der Waals surface area contributed by atoms with Crippen molar-refractivity contribution in [3.05, 3.63) is 46.3 Å². The van der Waals surface area contributed by atoms with Gasteiger partial charge >= 0.3 is 0 Å². The third-order valence-corrected chi connectivity index (χ3v) is 9.00. The molecular formula is C21H26N2O3S2. The summed E-state index contributed by atoms with van der Waals surface area (Å²) in [5, 5.41) is 3.04. The maximum absolute atomic E-state index is 12.8. The number of sulfonamides is 1. The molecule has 28 heavy (non-hydrogen) atoms. The van der Waals surface area contributed by atoms with Gasteiger partial charge in [0.05, 0.1) is 6.42 Å². The standard InChI is InChI=1S/C21H26N2O3S2/c24-20(22-19-10-6-8-16-7-2-3-9-18(16)19)15-17-11-12-21(27-17)28(25,26)23-13-4-1-5-14-23/h6,8,10-12H,1-5,7,9,13-15H2,(H,22,24). The molecule has 7 heteroatoms. The lowest BCUT2D eigenvalue weighted by atomic mass is 9.90. The molecule has 1 saturated heterocycles. The van der Waals surface area contributed by atoms with Crippen LogP contribution in [0.1, 0.15) is 48.1 Å². The van der Waals surface area contributed by atoms with Crippen LogP contribution < -0.4 is 5.32 Å². The lowest BCUT2D eigenvalue weighted by molar-refractivity contribution is -0.115. The summed E-state index contributed by atoms with van der Waals surface area (Å²) < 4.78 is 27.5. The summed E-state index contributed by atoms with van der Waals surface area (Å²) in [5.74, 6) is -0.0947. The number of piperidine rings is 1. The van der Waals surface area contributed by atoms with Crippen molar-refractivity contribution >= 4 is 33.0 Å². The number of rotatable bonds is 5. The molecule has 2 aliphatic rings. The van der Waals surface area contributed by atoms with Crippen LogP contribution in [0.5, 0.6) is 0 Å². The zero-order chi connectivity index (χ0) is 19.6. The molecule has 1 aliphatic heterocycles. The second-order valence-electron chi connectivity index (χ2n) is 7.56. The maximum Gasteiger partial charge on any atom is 0.252 e. The van der Waals surface area contributed by atoms with Gasteiger partial charge in [0.1, 0.15) is 4.21 Å². The summed E-state index contributed by atoms with van der Waals surface area (Å²) >= 11 is 1.21. The SMILES string of the molecule is O=C(Cc1ccc(S(=O)(=O)N2CCCCC2)s1)Nc1cccc2c1CCCC2. The highest BCUT2D eigenvalue weighted by molar-refractivity contribution is 7.91. The molecule has 0 spiro atoms. The number of carbonyl (C=O) groups is 1. The third-order valence-electron chi connectivity index (χ3n) is 5.55. The van der Waals surface area contributed by atoms with E-state index < -0.39 is 10.0 Å². The number of thiophene rings is 1. The third kappa shape index (κ3) is 4.16. The van der Waals surface area contributed by atoms with E-state index in [1.807, 2.05) is 12.1 Å². The monoisotopic (exact) mass is 418 g/mol. The Kier molecular flexibility index (Phi) is 5.85. The second kappa shape index (κ2) is 8.35. The first kappa shape index (κ1) is 19.6. The van der Waals surface area contributed by atoms with Gasteiger partial charge in [0.2, 0.25) is 5.91 Å². The van der Waals surface area contributed by atoms with Crippen LogP contribution in [0.3, 0.4) is 0 Å². The molecule has 0 bridgehead atoms. The minimum Gasteiger partial charge on any atom is -0.326 e. The van der Waals surface area contributed by atoms with Gasteiger partial charge in [-0.2, -0.15) is 4.31 Å². The summed E-state index contributed by atoms with van der Waals surface area (Å²) in [7, 11) is -3.43. The average molecular weight is 419 g/mol. The molecule has 0 unspecified atom stereocenters. The summed E-state index contributed by atoms with van der Waals surface area (Å²) in [5.41, 5.74) is 3.48. The summed E-state index contributed by atoms with van der Waals surface area (Å²) in [6, 6.07) is 9.50. The molecular weight excluding hydrogens is 392 g/mol. The second-order valence-corrected chi connectivity index (χ2v) is 10.9. The molecule has 1 aliphatic carbocycles. The highest BCUT2D eigenvalue weighted by atomic mass is 32.2. The number of benzene rings is 1. The largest absolute Gasteiger partial charge is 0.326 e. The van der Waals surface area contributed by atoms with Crippen molar-refractivity contribution in [2.45, 2.75) is 55.6 Å². The van der Waals surface area contributed by atoms with E-state index in [0.29, 0.717) is 17.3 Å². The summed E-state index contributed by atoms with van der Waals surface area (Å²) in [4.78, 5) is 13.3. The van der Waals surface area contributed by atoms with Gasteiger partial charge in [0, 0.05) is 23.7 Å². The number of hydrogen-bond acceptors (Lipinski definition) is 4. The van der Waals surface area contributed by atoms with Crippen LogP contribution in [-0.2, 0) is 34.1 Å². The Labute approximate surface area is 170 Å². The Morgan fingerprint density at radius 3 is 2.61 bits per heavy atom. The highest BCUT2D eigenvalue weighted by Gasteiger charge is 2.27. The van der Waals surface area contributed by atoms with Crippen molar-refractivity contribution in [2.24, 2.45) is 0 Å². The van der Waals surface area contributed by atoms with Crippen LogP contribution in [-0.4, -0.2) is 31.7 Å². The van der Waals surface area contributed by atoms with E-state index >= 15 is 0 Å². The van der Waals surface area contributed by atoms with Gasteiger partial charge in [-0.25, -0.2) is 8.42 Å².